The van der Waals surface area contributed by atoms with Crippen molar-refractivity contribution in [3.8, 4) is 23.0 Å². The lowest BCUT2D eigenvalue weighted by Crippen LogP contribution is -2.16. The number of hydrogen-bond acceptors (Lipinski definition) is 4. The van der Waals surface area contributed by atoms with Crippen molar-refractivity contribution in [1.82, 2.24) is 15.2 Å². The van der Waals surface area contributed by atoms with Crippen LogP contribution >= 0.6 is 0 Å². The van der Waals surface area contributed by atoms with E-state index in [1.54, 1.807) is 10.8 Å². The van der Waals surface area contributed by atoms with Crippen molar-refractivity contribution in [3.05, 3.63) is 71.9 Å². The van der Waals surface area contributed by atoms with E-state index in [9.17, 15) is 4.79 Å². The van der Waals surface area contributed by atoms with Gasteiger partial charge in [0.05, 0.1) is 18.0 Å². The van der Waals surface area contributed by atoms with Crippen molar-refractivity contribution < 1.29 is 4.79 Å². The molecular weight excluding hydrogens is 326 g/mol. The van der Waals surface area contributed by atoms with Crippen LogP contribution < -0.4 is 5.43 Å². The van der Waals surface area contributed by atoms with Crippen LogP contribution in [0.4, 0.5) is 0 Å². The van der Waals surface area contributed by atoms with Gasteiger partial charge >= 0.3 is 0 Å². The van der Waals surface area contributed by atoms with Crippen molar-refractivity contribution >= 4 is 12.1 Å². The maximum absolute atomic E-state index is 11.4. The minimum Gasteiger partial charge on any atom is -0.272 e. The summed E-state index contributed by atoms with van der Waals surface area (Å²) in [6, 6.07) is 19.6. The summed E-state index contributed by atoms with van der Waals surface area (Å²) in [4.78, 5) is 11.4. The second kappa shape index (κ2) is 7.90. The average molecular weight is 343 g/mol. The fraction of sp³-hybridized carbons (Fsp3) is 0.100. The van der Waals surface area contributed by atoms with Crippen molar-refractivity contribution in [1.29, 1.82) is 5.26 Å². The molecule has 128 valence electrons. The molecule has 1 amide bonds. The SMILES string of the molecule is Cc1ccc(-c2nn(-c3ccccc3)cc2/C=N/NC(=O)CC#N)cc1. The number of nitriles is 1. The number of hydrazone groups is 1. The maximum atomic E-state index is 11.4. The van der Waals surface area contributed by atoms with E-state index in [1.807, 2.05) is 67.7 Å². The van der Waals surface area contributed by atoms with Crippen molar-refractivity contribution in [2.75, 3.05) is 0 Å². The number of hydrogen-bond donors (Lipinski definition) is 1. The Morgan fingerprint density at radius 3 is 2.65 bits per heavy atom. The molecule has 0 saturated carbocycles. The van der Waals surface area contributed by atoms with E-state index in [0.717, 1.165) is 28.1 Å². The van der Waals surface area contributed by atoms with Crippen LogP contribution in [0.2, 0.25) is 0 Å². The van der Waals surface area contributed by atoms with Crippen LogP contribution in [0.3, 0.4) is 0 Å². The Bertz CT molecular complexity index is 966. The van der Waals surface area contributed by atoms with Crippen molar-refractivity contribution in [3.63, 3.8) is 0 Å². The van der Waals surface area contributed by atoms with Gasteiger partial charge in [-0.25, -0.2) is 10.1 Å². The number of aryl methyl sites for hydroxylation is 1. The lowest BCUT2D eigenvalue weighted by molar-refractivity contribution is -0.120. The number of benzene rings is 2. The third-order valence-electron chi connectivity index (χ3n) is 3.72. The molecule has 0 radical (unpaired) electrons. The highest BCUT2D eigenvalue weighted by Gasteiger charge is 2.11. The van der Waals surface area contributed by atoms with E-state index in [-0.39, 0.29) is 6.42 Å². The molecule has 6 nitrogen and oxygen atoms in total. The summed E-state index contributed by atoms with van der Waals surface area (Å²) in [6.45, 7) is 2.03. The lowest BCUT2D eigenvalue weighted by atomic mass is 10.1. The molecule has 0 aliphatic rings. The number of rotatable bonds is 5. The number of carbonyl (C=O) groups is 1. The molecule has 6 heteroatoms. The van der Waals surface area contributed by atoms with Gasteiger partial charge in [-0.2, -0.15) is 15.5 Å². The molecule has 1 aromatic heterocycles. The molecule has 0 spiro atoms. The molecule has 0 saturated heterocycles. The molecule has 0 bridgehead atoms. The number of aromatic nitrogens is 2. The Hall–Kier alpha value is -3.72. The highest BCUT2D eigenvalue weighted by atomic mass is 16.2. The topological polar surface area (TPSA) is 83.1 Å². The first kappa shape index (κ1) is 17.1. The number of amides is 1. The van der Waals surface area contributed by atoms with Gasteiger partial charge in [0.1, 0.15) is 12.1 Å². The fourth-order valence-electron chi connectivity index (χ4n) is 2.42. The maximum Gasteiger partial charge on any atom is 0.254 e. The normalized spacial score (nSPS) is 10.6. The molecule has 1 N–H and O–H groups in total. The Labute approximate surface area is 151 Å². The van der Waals surface area contributed by atoms with E-state index >= 15 is 0 Å². The van der Waals surface area contributed by atoms with E-state index < -0.39 is 5.91 Å². The van der Waals surface area contributed by atoms with Gasteiger partial charge in [0, 0.05) is 17.3 Å². The number of nitrogens with one attached hydrogen (secondary N) is 1. The predicted molar refractivity (Wildman–Crippen MR) is 99.7 cm³/mol. The van der Waals surface area contributed by atoms with Gasteiger partial charge in [-0.1, -0.05) is 48.0 Å². The quantitative estimate of drug-likeness (QED) is 0.570. The van der Waals surface area contributed by atoms with Crippen molar-refractivity contribution in [2.45, 2.75) is 13.3 Å². The van der Waals surface area contributed by atoms with Crippen LogP contribution in [0, 0.1) is 18.3 Å². The number of nitrogens with zero attached hydrogens (tertiary/aromatic N) is 4. The van der Waals surface area contributed by atoms with Crippen LogP contribution in [0.25, 0.3) is 16.9 Å². The molecule has 1 heterocycles. The van der Waals surface area contributed by atoms with Gasteiger partial charge in [0.25, 0.3) is 5.91 Å². The molecule has 0 atom stereocenters. The van der Waals surface area contributed by atoms with Gasteiger partial charge in [0.2, 0.25) is 0 Å². The first-order valence-electron chi connectivity index (χ1n) is 8.08. The number of para-hydroxylation sites is 1. The number of carbonyl (C=O) groups excluding carboxylic acids is 1. The van der Waals surface area contributed by atoms with E-state index in [1.165, 1.54) is 6.21 Å². The minimum absolute atomic E-state index is 0.231. The lowest BCUT2D eigenvalue weighted by Gasteiger charge is -2.01. The molecule has 0 aliphatic carbocycles. The van der Waals surface area contributed by atoms with Gasteiger partial charge in [-0.15, -0.1) is 0 Å². The zero-order valence-electron chi connectivity index (χ0n) is 14.3. The molecule has 0 unspecified atom stereocenters. The monoisotopic (exact) mass is 343 g/mol. The van der Waals surface area contributed by atoms with E-state index in [0.29, 0.717) is 0 Å². The Morgan fingerprint density at radius 1 is 1.23 bits per heavy atom. The second-order valence-electron chi connectivity index (χ2n) is 5.71. The summed E-state index contributed by atoms with van der Waals surface area (Å²) >= 11 is 0. The zero-order valence-corrected chi connectivity index (χ0v) is 14.3. The van der Waals surface area contributed by atoms with Crippen LogP contribution in [-0.4, -0.2) is 21.9 Å². The van der Waals surface area contributed by atoms with Crippen LogP contribution in [0.5, 0.6) is 0 Å². The molecule has 3 aromatic rings. The highest BCUT2D eigenvalue weighted by Crippen LogP contribution is 2.23. The molecule has 0 aliphatic heterocycles. The van der Waals surface area contributed by atoms with Gasteiger partial charge in [-0.3, -0.25) is 4.79 Å². The van der Waals surface area contributed by atoms with Crippen molar-refractivity contribution in [2.24, 2.45) is 5.10 Å². The Kier molecular flexibility index (Phi) is 5.20. The molecule has 2 aromatic carbocycles. The van der Waals surface area contributed by atoms with Crippen LogP contribution in [0.15, 0.2) is 65.9 Å². The fourth-order valence-corrected chi connectivity index (χ4v) is 2.42. The summed E-state index contributed by atoms with van der Waals surface area (Å²) < 4.78 is 1.77. The van der Waals surface area contributed by atoms with E-state index in [2.05, 4.69) is 15.6 Å². The summed E-state index contributed by atoms with van der Waals surface area (Å²) in [5, 5.41) is 17.1. The predicted octanol–water partition coefficient (Wildman–Crippen LogP) is 3.21. The largest absolute Gasteiger partial charge is 0.272 e. The third kappa shape index (κ3) is 4.02. The molecule has 3 rings (SSSR count). The summed E-state index contributed by atoms with van der Waals surface area (Å²) in [6.07, 6.45) is 3.16. The minimum atomic E-state index is -0.448. The van der Waals surface area contributed by atoms with Gasteiger partial charge < -0.3 is 0 Å². The Balaban J connectivity index is 1.96. The first-order chi connectivity index (χ1) is 12.7. The average Bonchev–Trinajstić information content (AvgIpc) is 3.07. The first-order valence-corrected chi connectivity index (χ1v) is 8.08. The zero-order chi connectivity index (χ0) is 18.4. The molecule has 0 fully saturated rings. The highest BCUT2D eigenvalue weighted by molar-refractivity contribution is 5.89. The van der Waals surface area contributed by atoms with E-state index in [4.69, 9.17) is 5.26 Å². The van der Waals surface area contributed by atoms with Gasteiger partial charge in [-0.05, 0) is 19.1 Å². The standard InChI is InChI=1S/C20H17N5O/c1-15-7-9-16(10-8-15)20-17(13-22-23-19(26)11-12-21)14-25(24-20)18-5-3-2-4-6-18/h2-10,13-14H,11H2,1H3,(H,23,26)/b22-13+. The van der Waals surface area contributed by atoms with Crippen LogP contribution in [0.1, 0.15) is 17.5 Å². The van der Waals surface area contributed by atoms with Crippen LogP contribution in [-0.2, 0) is 4.79 Å². The summed E-state index contributed by atoms with van der Waals surface area (Å²) in [5.41, 5.74) is 6.90. The summed E-state index contributed by atoms with van der Waals surface area (Å²) in [7, 11) is 0. The molecular formula is C20H17N5O. The third-order valence-corrected chi connectivity index (χ3v) is 3.72. The molecule has 26 heavy (non-hydrogen) atoms. The Morgan fingerprint density at radius 2 is 1.96 bits per heavy atom. The smallest absolute Gasteiger partial charge is 0.254 e. The summed E-state index contributed by atoms with van der Waals surface area (Å²) in [5.74, 6) is -0.448. The second-order valence-corrected chi connectivity index (χ2v) is 5.71. The van der Waals surface area contributed by atoms with Gasteiger partial charge in [0.15, 0.2) is 0 Å².